The van der Waals surface area contributed by atoms with Crippen molar-refractivity contribution in [2.24, 2.45) is 0 Å². The zero-order valence-electron chi connectivity index (χ0n) is 12.3. The summed E-state index contributed by atoms with van der Waals surface area (Å²) in [5.74, 6) is -0.787. The van der Waals surface area contributed by atoms with Crippen LogP contribution in [0.15, 0.2) is 65.4 Å². The first-order valence-corrected chi connectivity index (χ1v) is 7.99. The summed E-state index contributed by atoms with van der Waals surface area (Å²) in [6.45, 7) is 0. The van der Waals surface area contributed by atoms with Crippen molar-refractivity contribution >= 4 is 22.9 Å². The molecule has 0 radical (unpaired) electrons. The second-order valence-electron chi connectivity index (χ2n) is 5.09. The van der Waals surface area contributed by atoms with E-state index < -0.39 is 23.2 Å². The maximum absolute atomic E-state index is 13.0. The number of alkyl halides is 3. The number of hydrogen-bond acceptors (Lipinski definition) is 2. The SMILES string of the molecule is O=C(Nc1cccc(-c2ccsc2)c1)c1ccccc1C(F)(F)F. The molecule has 0 bridgehead atoms. The van der Waals surface area contributed by atoms with Gasteiger partial charge in [0.15, 0.2) is 0 Å². The Labute approximate surface area is 140 Å². The molecule has 3 rings (SSSR count). The maximum Gasteiger partial charge on any atom is 0.417 e. The standard InChI is InChI=1S/C18H12F3NOS/c19-18(20,21)16-7-2-1-6-15(16)17(23)22-14-5-3-4-12(10-14)13-8-9-24-11-13/h1-11H,(H,22,23). The van der Waals surface area contributed by atoms with Crippen molar-refractivity contribution < 1.29 is 18.0 Å². The zero-order chi connectivity index (χ0) is 17.2. The summed E-state index contributed by atoms with van der Waals surface area (Å²) < 4.78 is 39.1. The van der Waals surface area contributed by atoms with Crippen molar-refractivity contribution in [1.29, 1.82) is 0 Å². The predicted octanol–water partition coefficient (Wildman–Crippen LogP) is 5.69. The van der Waals surface area contributed by atoms with E-state index in [1.165, 1.54) is 18.2 Å². The van der Waals surface area contributed by atoms with Crippen molar-refractivity contribution in [1.82, 2.24) is 0 Å². The lowest BCUT2D eigenvalue weighted by atomic mass is 10.1. The Balaban J connectivity index is 1.88. The van der Waals surface area contributed by atoms with Crippen LogP contribution in [-0.2, 0) is 6.18 Å². The molecule has 6 heteroatoms. The van der Waals surface area contributed by atoms with E-state index in [-0.39, 0.29) is 0 Å². The molecule has 24 heavy (non-hydrogen) atoms. The van der Waals surface area contributed by atoms with Gasteiger partial charge < -0.3 is 5.32 Å². The normalized spacial score (nSPS) is 11.3. The molecule has 0 spiro atoms. The highest BCUT2D eigenvalue weighted by Crippen LogP contribution is 2.32. The van der Waals surface area contributed by atoms with E-state index in [0.29, 0.717) is 5.69 Å². The lowest BCUT2D eigenvalue weighted by Crippen LogP contribution is -2.18. The summed E-state index contributed by atoms with van der Waals surface area (Å²) >= 11 is 1.54. The van der Waals surface area contributed by atoms with Crippen molar-refractivity contribution in [3.8, 4) is 11.1 Å². The van der Waals surface area contributed by atoms with Gasteiger partial charge in [0.25, 0.3) is 5.91 Å². The van der Waals surface area contributed by atoms with E-state index in [4.69, 9.17) is 0 Å². The van der Waals surface area contributed by atoms with Crippen LogP contribution >= 0.6 is 11.3 Å². The number of anilines is 1. The van der Waals surface area contributed by atoms with Gasteiger partial charge in [0.1, 0.15) is 0 Å². The highest BCUT2D eigenvalue weighted by atomic mass is 32.1. The molecule has 0 atom stereocenters. The minimum atomic E-state index is -4.58. The quantitative estimate of drug-likeness (QED) is 0.648. The van der Waals surface area contributed by atoms with Gasteiger partial charge in [-0.25, -0.2) is 0 Å². The first kappa shape index (κ1) is 16.3. The van der Waals surface area contributed by atoms with Gasteiger partial charge in [-0.2, -0.15) is 24.5 Å². The monoisotopic (exact) mass is 347 g/mol. The molecule has 1 amide bonds. The molecule has 0 aliphatic carbocycles. The molecular weight excluding hydrogens is 335 g/mol. The smallest absolute Gasteiger partial charge is 0.322 e. The van der Waals surface area contributed by atoms with Crippen molar-refractivity contribution in [2.75, 3.05) is 5.32 Å². The zero-order valence-corrected chi connectivity index (χ0v) is 13.1. The number of carbonyl (C=O) groups is 1. The Morgan fingerprint density at radius 3 is 2.46 bits per heavy atom. The molecule has 0 aliphatic heterocycles. The van der Waals surface area contributed by atoms with Gasteiger partial charge in [-0.15, -0.1) is 0 Å². The molecule has 1 aromatic heterocycles. The van der Waals surface area contributed by atoms with E-state index in [1.54, 1.807) is 29.5 Å². The minimum absolute atomic E-state index is 0.397. The molecular formula is C18H12F3NOS. The lowest BCUT2D eigenvalue weighted by Gasteiger charge is -2.13. The predicted molar refractivity (Wildman–Crippen MR) is 89.2 cm³/mol. The molecule has 0 aliphatic rings. The second kappa shape index (κ2) is 6.49. The number of rotatable bonds is 3. The van der Waals surface area contributed by atoms with Gasteiger partial charge >= 0.3 is 6.18 Å². The molecule has 1 N–H and O–H groups in total. The average Bonchev–Trinajstić information content (AvgIpc) is 3.09. The fraction of sp³-hybridized carbons (Fsp3) is 0.0556. The molecule has 0 saturated carbocycles. The molecule has 122 valence electrons. The number of amides is 1. The van der Waals surface area contributed by atoms with E-state index in [0.717, 1.165) is 17.2 Å². The third-order valence-electron chi connectivity index (χ3n) is 3.45. The number of nitrogens with one attached hydrogen (secondary N) is 1. The Kier molecular flexibility index (Phi) is 4.40. The van der Waals surface area contributed by atoms with E-state index in [9.17, 15) is 18.0 Å². The van der Waals surface area contributed by atoms with Crippen molar-refractivity contribution in [3.63, 3.8) is 0 Å². The third-order valence-corrected chi connectivity index (χ3v) is 4.14. The van der Waals surface area contributed by atoms with Gasteiger partial charge in [-0.05, 0) is 52.2 Å². The Morgan fingerprint density at radius 1 is 0.958 bits per heavy atom. The van der Waals surface area contributed by atoms with Crippen LogP contribution in [0.1, 0.15) is 15.9 Å². The summed E-state index contributed by atoms with van der Waals surface area (Å²) in [6.07, 6.45) is -4.58. The molecule has 3 aromatic rings. The van der Waals surface area contributed by atoms with Gasteiger partial charge in [0.2, 0.25) is 0 Å². The largest absolute Gasteiger partial charge is 0.417 e. The van der Waals surface area contributed by atoms with Crippen LogP contribution < -0.4 is 5.32 Å². The number of carbonyl (C=O) groups excluding carboxylic acids is 1. The third kappa shape index (κ3) is 3.49. The van der Waals surface area contributed by atoms with Crippen LogP contribution in [0.3, 0.4) is 0 Å². The number of halogens is 3. The van der Waals surface area contributed by atoms with E-state index in [1.807, 2.05) is 22.9 Å². The molecule has 0 fully saturated rings. The lowest BCUT2D eigenvalue weighted by molar-refractivity contribution is -0.137. The average molecular weight is 347 g/mol. The summed E-state index contributed by atoms with van der Waals surface area (Å²) in [5.41, 5.74) is 0.980. The van der Waals surface area contributed by atoms with Gasteiger partial charge in [0, 0.05) is 5.69 Å². The summed E-state index contributed by atoms with van der Waals surface area (Å²) in [6, 6.07) is 13.7. The van der Waals surface area contributed by atoms with Crippen molar-refractivity contribution in [3.05, 3.63) is 76.5 Å². The second-order valence-corrected chi connectivity index (χ2v) is 5.87. The first-order valence-electron chi connectivity index (χ1n) is 7.05. The Hall–Kier alpha value is -2.60. The summed E-state index contributed by atoms with van der Waals surface area (Å²) in [5, 5.41) is 6.43. The van der Waals surface area contributed by atoms with Crippen LogP contribution in [0.2, 0.25) is 0 Å². The van der Waals surface area contributed by atoms with E-state index >= 15 is 0 Å². The maximum atomic E-state index is 13.0. The van der Waals surface area contributed by atoms with Crippen LogP contribution in [0, 0.1) is 0 Å². The molecule has 2 nitrogen and oxygen atoms in total. The molecule has 0 unspecified atom stereocenters. The van der Waals surface area contributed by atoms with Crippen LogP contribution in [-0.4, -0.2) is 5.91 Å². The van der Waals surface area contributed by atoms with Gasteiger partial charge in [-0.1, -0.05) is 24.3 Å². The first-order chi connectivity index (χ1) is 11.4. The fourth-order valence-corrected chi connectivity index (χ4v) is 3.00. The Morgan fingerprint density at radius 2 is 1.75 bits per heavy atom. The number of benzene rings is 2. The van der Waals surface area contributed by atoms with Crippen LogP contribution in [0.25, 0.3) is 11.1 Å². The Bertz CT molecular complexity index is 857. The fourth-order valence-electron chi connectivity index (χ4n) is 2.33. The summed E-state index contributed by atoms with van der Waals surface area (Å²) in [7, 11) is 0. The highest BCUT2D eigenvalue weighted by Gasteiger charge is 2.34. The molecule has 0 saturated heterocycles. The molecule has 1 heterocycles. The number of thiophene rings is 1. The topological polar surface area (TPSA) is 29.1 Å². The van der Waals surface area contributed by atoms with Gasteiger partial charge in [-0.3, -0.25) is 4.79 Å². The van der Waals surface area contributed by atoms with Gasteiger partial charge in [0.05, 0.1) is 11.1 Å². The van der Waals surface area contributed by atoms with Crippen LogP contribution in [0.4, 0.5) is 18.9 Å². The van der Waals surface area contributed by atoms with Crippen LogP contribution in [0.5, 0.6) is 0 Å². The highest BCUT2D eigenvalue weighted by molar-refractivity contribution is 7.08. The minimum Gasteiger partial charge on any atom is -0.322 e. The van der Waals surface area contributed by atoms with E-state index in [2.05, 4.69) is 5.32 Å². The molecule has 2 aromatic carbocycles. The van der Waals surface area contributed by atoms with Crippen molar-refractivity contribution in [2.45, 2.75) is 6.18 Å². The summed E-state index contributed by atoms with van der Waals surface area (Å²) in [4.78, 5) is 12.3. The number of hydrogen-bond donors (Lipinski definition) is 1.